The molecule has 3 heterocycles. The number of anilines is 1. The number of unbranched alkanes of at least 4 members (excludes halogenated alkanes) is 2. The zero-order chi connectivity index (χ0) is 50.3. The van der Waals surface area contributed by atoms with Crippen LogP contribution in [0.1, 0.15) is 126 Å². The smallest absolute Gasteiger partial charge is 0.306 e. The number of carboxylic acids is 1. The summed E-state index contributed by atoms with van der Waals surface area (Å²) in [5.41, 5.74) is 0.571. The first-order valence-corrected chi connectivity index (χ1v) is 24.5. The Hall–Kier alpha value is -5.66. The molecule has 7 atom stereocenters. The highest BCUT2D eigenvalue weighted by atomic mass is 32.1. The van der Waals surface area contributed by atoms with E-state index in [9.17, 15) is 48.6 Å². The molecule has 0 bridgehead atoms. The Morgan fingerprint density at radius 2 is 1.66 bits per heavy atom. The Morgan fingerprint density at radius 3 is 2.26 bits per heavy atom. The van der Waals surface area contributed by atoms with Gasteiger partial charge in [0.25, 0.3) is 23.6 Å². The Labute approximate surface area is 403 Å². The van der Waals surface area contributed by atoms with Gasteiger partial charge in [-0.2, -0.15) is 0 Å². The fourth-order valence-corrected chi connectivity index (χ4v) is 9.16. The lowest BCUT2D eigenvalue weighted by Gasteiger charge is -2.35. The number of aromatic nitrogens is 1. The molecule has 1 saturated heterocycles. The zero-order valence-electron chi connectivity index (χ0n) is 40.7. The van der Waals surface area contributed by atoms with Crippen LogP contribution < -0.4 is 16.0 Å². The molecular weight excluding hydrogens is 893 g/mol. The van der Waals surface area contributed by atoms with Crippen LogP contribution in [0.2, 0.25) is 0 Å². The summed E-state index contributed by atoms with van der Waals surface area (Å²) in [6, 6.07) is 5.78. The van der Waals surface area contributed by atoms with E-state index in [1.807, 2.05) is 46.6 Å². The lowest BCUT2D eigenvalue weighted by Crippen LogP contribution is -2.47. The van der Waals surface area contributed by atoms with Gasteiger partial charge in [-0.15, -0.1) is 11.3 Å². The highest BCUT2D eigenvalue weighted by Gasteiger charge is 2.41. The van der Waals surface area contributed by atoms with Crippen LogP contribution >= 0.6 is 11.3 Å². The Bertz CT molecular complexity index is 2160. The predicted molar refractivity (Wildman–Crippen MR) is 259 cm³/mol. The first-order valence-electron chi connectivity index (χ1n) is 23.6. The molecular formula is C49H70N8O10S. The number of likely N-dealkylation sites (N-methyl/N-ethyl adjacent to an activating group) is 1. The number of nitrogens with one attached hydrogen (secondary N) is 3. The number of carbonyl (C=O) groups is 8. The van der Waals surface area contributed by atoms with Crippen LogP contribution in [0.4, 0.5) is 5.69 Å². The summed E-state index contributed by atoms with van der Waals surface area (Å²) >= 11 is 1.11. The largest absolute Gasteiger partial charge is 0.481 e. The number of amides is 7. The van der Waals surface area contributed by atoms with Crippen molar-refractivity contribution in [3.05, 3.63) is 58.1 Å². The van der Waals surface area contributed by atoms with E-state index in [1.165, 1.54) is 23.7 Å². The first kappa shape index (κ1) is 54.9. The summed E-state index contributed by atoms with van der Waals surface area (Å²) in [5.74, 6) is -5.07. The molecule has 1 aromatic carbocycles. The fraction of sp³-hybridized carbons (Fsp3) is 0.592. The minimum Gasteiger partial charge on any atom is -0.481 e. The number of imide groups is 1. The van der Waals surface area contributed by atoms with E-state index in [0.29, 0.717) is 37.8 Å². The molecule has 2 aliphatic rings. The summed E-state index contributed by atoms with van der Waals surface area (Å²) in [6.07, 6.45) is 7.55. The van der Waals surface area contributed by atoms with Crippen LogP contribution in [-0.4, -0.2) is 135 Å². The van der Waals surface area contributed by atoms with Crippen molar-refractivity contribution >= 4 is 70.6 Å². The number of aliphatic imine (C=N–C) groups is 1. The standard InChI is InChI=1S/C49H70N8O10S/c1-9-31(4)36(27-51-48(67)49(6)21-13-22-55(49)7)46(64)56(8)38(30(2)3)26-39(58)45-54-37(29-68-45)44(63)53-35(24-32(5)47(65)66)25-33-15-17-34(18-16-33)52-41(60)28-50-40(59)14-11-10-12-23-57-42(61)19-20-43(57)62/h15-20,27,29-32,35-36,38-39,58H,9-14,21-26,28H2,1-8H3,(H,50,59)(H,52,60)(H,53,63)(H,65,66)/b51-27+/t31-,32-,35+,36?,38+,39+,49+/m0/s1. The van der Waals surface area contributed by atoms with Crippen LogP contribution in [0.5, 0.6) is 0 Å². The molecule has 0 spiro atoms. The zero-order valence-corrected chi connectivity index (χ0v) is 41.5. The van der Waals surface area contributed by atoms with Gasteiger partial charge < -0.3 is 31.1 Å². The van der Waals surface area contributed by atoms with Gasteiger partial charge in [-0.3, -0.25) is 48.2 Å². The van der Waals surface area contributed by atoms with Crippen molar-refractivity contribution < 1.29 is 48.6 Å². The fourth-order valence-electron chi connectivity index (χ4n) is 8.36. The van der Waals surface area contributed by atoms with Crippen molar-refractivity contribution in [3.8, 4) is 0 Å². The van der Waals surface area contributed by atoms with Crippen LogP contribution in [0.15, 0.2) is 46.8 Å². The number of carbonyl (C=O) groups excluding carboxylic acids is 7. The highest BCUT2D eigenvalue weighted by molar-refractivity contribution is 7.09. The average Bonchev–Trinajstić information content (AvgIpc) is 4.03. The first-order chi connectivity index (χ1) is 32.1. The molecule has 1 fully saturated rings. The summed E-state index contributed by atoms with van der Waals surface area (Å²) in [5, 5.41) is 31.2. The summed E-state index contributed by atoms with van der Waals surface area (Å²) in [7, 11) is 3.60. The minimum atomic E-state index is -1.11. The number of likely N-dealkylation sites (tertiary alicyclic amines) is 1. The van der Waals surface area contributed by atoms with Gasteiger partial charge in [-0.1, -0.05) is 59.6 Å². The van der Waals surface area contributed by atoms with Gasteiger partial charge in [-0.05, 0) is 88.6 Å². The molecule has 0 radical (unpaired) electrons. The maximum absolute atomic E-state index is 14.1. The molecule has 2 aliphatic heterocycles. The molecule has 19 heteroatoms. The minimum absolute atomic E-state index is 0.0534. The van der Waals surface area contributed by atoms with E-state index in [2.05, 4.69) is 25.9 Å². The average molecular weight is 963 g/mol. The van der Waals surface area contributed by atoms with Crippen LogP contribution in [0.25, 0.3) is 0 Å². The third kappa shape index (κ3) is 15.4. The van der Waals surface area contributed by atoms with Crippen LogP contribution in [0, 0.1) is 23.7 Å². The van der Waals surface area contributed by atoms with Crippen molar-refractivity contribution in [2.24, 2.45) is 28.7 Å². The molecule has 7 amide bonds. The molecule has 372 valence electrons. The van der Waals surface area contributed by atoms with E-state index in [4.69, 9.17) is 0 Å². The maximum atomic E-state index is 14.1. The number of carboxylic acid groups (broad SMARTS) is 1. The number of hydrogen-bond donors (Lipinski definition) is 5. The van der Waals surface area contributed by atoms with E-state index >= 15 is 0 Å². The molecule has 0 aliphatic carbocycles. The van der Waals surface area contributed by atoms with Crippen molar-refractivity contribution in [2.45, 2.75) is 129 Å². The Kier molecular flexibility index (Phi) is 20.7. The van der Waals surface area contributed by atoms with E-state index < -0.39 is 53.3 Å². The van der Waals surface area contributed by atoms with Gasteiger partial charge in [-0.25, -0.2) is 9.98 Å². The number of thiazole rings is 1. The summed E-state index contributed by atoms with van der Waals surface area (Å²) in [4.78, 5) is 115. The Morgan fingerprint density at radius 1 is 0.985 bits per heavy atom. The number of aliphatic hydroxyl groups is 1. The molecule has 4 rings (SSSR count). The highest BCUT2D eigenvalue weighted by Crippen LogP contribution is 2.31. The summed E-state index contributed by atoms with van der Waals surface area (Å²) < 4.78 is 0. The van der Waals surface area contributed by atoms with Crippen molar-refractivity contribution in [1.29, 1.82) is 0 Å². The number of hydrogen-bond acceptors (Lipinski definition) is 12. The maximum Gasteiger partial charge on any atom is 0.306 e. The van der Waals surface area contributed by atoms with Crippen molar-refractivity contribution in [1.82, 2.24) is 30.3 Å². The lowest BCUT2D eigenvalue weighted by atomic mass is 9.89. The molecule has 2 aromatic rings. The van der Waals surface area contributed by atoms with Crippen molar-refractivity contribution in [2.75, 3.05) is 39.0 Å². The Balaban J connectivity index is 1.31. The molecule has 18 nitrogen and oxygen atoms in total. The molecule has 1 unspecified atom stereocenters. The third-order valence-electron chi connectivity index (χ3n) is 13.2. The quantitative estimate of drug-likeness (QED) is 0.0486. The number of aliphatic carboxylic acids is 1. The van der Waals surface area contributed by atoms with E-state index in [0.717, 1.165) is 34.8 Å². The third-order valence-corrected chi connectivity index (χ3v) is 14.2. The molecule has 0 saturated carbocycles. The van der Waals surface area contributed by atoms with Gasteiger partial charge in [0.1, 0.15) is 16.8 Å². The van der Waals surface area contributed by atoms with Gasteiger partial charge in [0.15, 0.2) is 0 Å². The van der Waals surface area contributed by atoms with Gasteiger partial charge in [0.05, 0.1) is 23.9 Å². The van der Waals surface area contributed by atoms with E-state index in [-0.39, 0.29) is 90.8 Å². The molecule has 1 aromatic heterocycles. The number of rotatable bonds is 26. The number of benzene rings is 1. The predicted octanol–water partition coefficient (Wildman–Crippen LogP) is 4.79. The molecule has 5 N–H and O–H groups in total. The van der Waals surface area contributed by atoms with Crippen LogP contribution in [-0.2, 0) is 40.0 Å². The normalized spacial score (nSPS) is 18.9. The van der Waals surface area contributed by atoms with Gasteiger partial charge >= 0.3 is 5.97 Å². The second kappa shape index (κ2) is 25.6. The van der Waals surface area contributed by atoms with Crippen molar-refractivity contribution in [3.63, 3.8) is 0 Å². The van der Waals surface area contributed by atoms with E-state index in [1.54, 1.807) is 43.1 Å². The van der Waals surface area contributed by atoms with Gasteiger partial charge in [0.2, 0.25) is 17.7 Å². The molecule has 68 heavy (non-hydrogen) atoms. The number of nitrogens with zero attached hydrogens (tertiary/aromatic N) is 5. The van der Waals surface area contributed by atoms with Crippen LogP contribution in [0.3, 0.4) is 0 Å². The summed E-state index contributed by atoms with van der Waals surface area (Å²) in [6.45, 7) is 12.1. The second-order valence-electron chi connectivity index (χ2n) is 18.7. The number of aliphatic hydroxyl groups excluding tert-OH is 1. The monoisotopic (exact) mass is 962 g/mol. The SMILES string of the molecule is CC[C@H](C)C(/C=N/C(=O)[C@@]1(C)CCCN1C)C(=O)N(C)[C@H](C[C@@H](O)c1nc(C(=O)N[C@@H](Cc2ccc(NC(=O)CNC(=O)CCCCCN3C(=O)C=CC3=O)cc2)C[C@H](C)C(=O)O)cs1)C(C)C. The topological polar surface area (TPSA) is 248 Å². The van der Waals surface area contributed by atoms with Gasteiger partial charge in [0, 0.05) is 68.0 Å². The lowest BCUT2D eigenvalue weighted by molar-refractivity contribution is -0.141. The second-order valence-corrected chi connectivity index (χ2v) is 19.6.